The Morgan fingerprint density at radius 2 is 0.480 bits per heavy atom. The Bertz CT molecular complexity index is 6870. The zero-order chi connectivity index (χ0) is 124. The average Bonchev–Trinajstić information content (AvgIpc) is 0.755. The molecule has 0 aromatic heterocycles. The average molecular weight is 1720 g/mol. The number of para-hydroxylation sites is 5. The molecule has 0 N–H and O–H groups in total. The molecule has 5 saturated heterocycles. The maximum atomic E-state index is 13.1. The summed E-state index contributed by atoms with van der Waals surface area (Å²) in [6.07, 6.45) is -7.13. The van der Waals surface area contributed by atoms with Crippen LogP contribution in [0, 0.1) is 0 Å². The number of anilines is 5. The SMILES string of the molecule is [2H]c1c([2H])c([2H])c(N(C(=O)C([2H])([2H])C)C2CCN(C([2H])([2H])Cc3ccccc3)CC2)c([2H])c1[2H].[2H]c1c([2H])c([2H])c(N(C(=O)C([2H])([2H])C)C2CCN(CC([2H])([2H])c3ccccc3)CC2)c([2H])c1[2H].[2H]c1c([2H])c([2H])c(N(C(=O)C([2H])([2H])C)C2CCN(CCc3ccccc3)CC2)c([2H])c1[2H].[2H]c1c([2H])c([2H])c(N(C(=O)CC)C2CCN(C([2H])([2H])C([2H])([2H])c3ccccc3)CC2)c([2H])c1[2H].[2H]c1c([2H])c([2H])c(N(C(=O)CC)C2CCN(CC([2H])([2H])c3ccccc3)CC2)c([2H])c1[2H]. The van der Waals surface area contributed by atoms with E-state index >= 15 is 0 Å². The fourth-order valence-electron chi connectivity index (χ4n) is 15.4. The zero-order valence-corrected chi connectivity index (χ0v) is 71.9. The third-order valence-corrected chi connectivity index (χ3v) is 22.1. The van der Waals surface area contributed by atoms with E-state index in [1.165, 1.54) is 20.3 Å². The maximum Gasteiger partial charge on any atom is 0.226 e. The number of piperidine rings is 5. The molecule has 5 aliphatic heterocycles. The normalized spacial score (nSPS) is 21.5. The molecular weight excluding hydrogens is 1540 g/mol. The lowest BCUT2D eigenvalue weighted by Crippen LogP contribution is -2.47. The van der Waals surface area contributed by atoms with E-state index in [1.54, 1.807) is 85.5 Å². The minimum absolute atomic E-state index is 0.0686. The molecule has 5 amide bonds. The summed E-state index contributed by atoms with van der Waals surface area (Å²) < 4.78 is 334. The minimum atomic E-state index is -2.33. The number of hydrogen-bond donors (Lipinski definition) is 0. The lowest BCUT2D eigenvalue weighted by atomic mass is 10.0. The van der Waals surface area contributed by atoms with E-state index in [4.69, 9.17) is 56.2 Å². The van der Waals surface area contributed by atoms with E-state index in [-0.39, 0.29) is 148 Å². The van der Waals surface area contributed by atoms with Crippen molar-refractivity contribution in [3.05, 3.63) is 331 Å². The van der Waals surface area contributed by atoms with E-state index in [2.05, 4.69) is 17.0 Å². The van der Waals surface area contributed by atoms with Gasteiger partial charge in [0.1, 0.15) is 0 Å². The van der Waals surface area contributed by atoms with Crippen LogP contribution in [0.5, 0.6) is 0 Å². The molecule has 5 fully saturated rings. The lowest BCUT2D eigenvalue weighted by molar-refractivity contribution is -0.119. The highest BCUT2D eigenvalue weighted by Crippen LogP contribution is 2.31. The highest BCUT2D eigenvalue weighted by atomic mass is 16.2. The fourth-order valence-corrected chi connectivity index (χ4v) is 15.4. The van der Waals surface area contributed by atoms with Crippen LogP contribution in [0.2, 0.25) is 0 Å². The molecule has 660 valence electrons. The zero-order valence-electron chi connectivity index (χ0n) is 113. The summed E-state index contributed by atoms with van der Waals surface area (Å²) in [6.45, 7) is 7.91. The van der Waals surface area contributed by atoms with E-state index < -0.39 is 232 Å². The number of amides is 5. The quantitative estimate of drug-likeness (QED) is 0.0431. The van der Waals surface area contributed by atoms with Gasteiger partial charge in [-0.3, -0.25) is 24.0 Å². The van der Waals surface area contributed by atoms with Crippen molar-refractivity contribution >= 4 is 58.0 Å². The molecule has 5 heterocycles. The van der Waals surface area contributed by atoms with Crippen molar-refractivity contribution in [1.82, 2.24) is 24.5 Å². The molecule has 0 atom stereocenters. The van der Waals surface area contributed by atoms with Crippen LogP contribution in [0.3, 0.4) is 0 Å². The van der Waals surface area contributed by atoms with Crippen LogP contribution in [-0.2, 0) is 55.9 Å². The van der Waals surface area contributed by atoms with E-state index in [0.29, 0.717) is 88.9 Å². The van der Waals surface area contributed by atoms with Gasteiger partial charge in [0.15, 0.2) is 0 Å². The number of rotatable bonds is 30. The standard InChI is InChI=1S/5C22H28N2O/c5*1-2-22(25)24(20-11-7-4-8-12-20)21-14-17-23(18-15-21)16-13-19-9-5-3-6-10-19/h5*3-12,21H,2,13-18H2,1H3/i4D,7D,8D,11D,12D,13D2,16D2;2D2,4D,7D,8D,11D,12D,16D2;2D2,4D,7D,8D,11D,12D,13D2;4D,7D,8D,11D,12D,13D2;2D2,4D,7D,8D,11D,12D. The largest absolute Gasteiger partial charge is 0.309 e. The van der Waals surface area contributed by atoms with Gasteiger partial charge in [-0.1, -0.05) is 277 Å². The van der Waals surface area contributed by atoms with Crippen molar-refractivity contribution < 1.29 is 80.2 Å². The van der Waals surface area contributed by atoms with Crippen LogP contribution >= 0.6 is 0 Å². The lowest BCUT2D eigenvalue weighted by Gasteiger charge is -2.38. The van der Waals surface area contributed by atoms with E-state index in [1.807, 2.05) is 82.6 Å². The third-order valence-electron chi connectivity index (χ3n) is 22.1. The first-order valence-electron chi connectivity index (χ1n) is 63.4. The van der Waals surface area contributed by atoms with Crippen molar-refractivity contribution in [1.29, 1.82) is 0 Å². The van der Waals surface area contributed by atoms with Gasteiger partial charge in [-0.05, 0) is 184 Å². The summed E-state index contributed by atoms with van der Waals surface area (Å²) in [4.78, 5) is 80.1. The number of likely N-dealkylation sites (tertiary alicyclic amines) is 5. The molecule has 0 aliphatic carbocycles. The van der Waals surface area contributed by atoms with Crippen LogP contribution in [-0.4, -0.2) is 182 Å². The number of carbonyl (C=O) groups excluding carboxylic acids is 5. The predicted molar refractivity (Wildman–Crippen MR) is 519 cm³/mol. The third kappa shape index (κ3) is 30.6. The smallest absolute Gasteiger partial charge is 0.226 e. The fraction of sp³-hybridized carbons (Fsp3) is 0.409. The van der Waals surface area contributed by atoms with Gasteiger partial charge >= 0.3 is 0 Å². The Morgan fingerprint density at radius 1 is 0.264 bits per heavy atom. The molecule has 15 heteroatoms. The van der Waals surface area contributed by atoms with Crippen molar-refractivity contribution in [2.45, 2.75) is 193 Å². The van der Waals surface area contributed by atoms with Gasteiger partial charge in [0.05, 0.1) is 34.3 Å². The van der Waals surface area contributed by atoms with Gasteiger partial charge in [0.2, 0.25) is 29.5 Å². The maximum absolute atomic E-state index is 13.1. The molecule has 10 aromatic rings. The molecule has 125 heavy (non-hydrogen) atoms. The summed E-state index contributed by atoms with van der Waals surface area (Å²) in [7, 11) is 0. The predicted octanol–water partition coefficient (Wildman–Crippen LogP) is 20.7. The monoisotopic (exact) mass is 1720 g/mol. The Morgan fingerprint density at radius 3 is 0.736 bits per heavy atom. The molecule has 0 saturated carbocycles. The summed E-state index contributed by atoms with van der Waals surface area (Å²) in [6, 6.07) is 30.0. The van der Waals surface area contributed by atoms with Gasteiger partial charge < -0.3 is 49.0 Å². The van der Waals surface area contributed by atoms with Gasteiger partial charge in [0, 0.05) is 211 Å². The molecule has 0 unspecified atom stereocenters. The van der Waals surface area contributed by atoms with Crippen LogP contribution in [0.1, 0.15) is 215 Å². The van der Waals surface area contributed by atoms with Gasteiger partial charge in [0.25, 0.3) is 0 Å². The van der Waals surface area contributed by atoms with Gasteiger partial charge in [-0.25, -0.2) is 0 Å². The van der Waals surface area contributed by atoms with Gasteiger partial charge in [-0.2, -0.15) is 0 Å². The molecule has 5 aliphatic rings. The van der Waals surface area contributed by atoms with E-state index in [9.17, 15) is 24.0 Å². The van der Waals surface area contributed by atoms with Crippen LogP contribution in [0.25, 0.3) is 0 Å². The van der Waals surface area contributed by atoms with Crippen LogP contribution in [0.15, 0.2) is 303 Å². The van der Waals surface area contributed by atoms with Crippen LogP contribution in [0.4, 0.5) is 28.4 Å². The highest BCUT2D eigenvalue weighted by Gasteiger charge is 2.34. The summed E-state index contributed by atoms with van der Waals surface area (Å²) >= 11 is 0. The first-order valence-corrected chi connectivity index (χ1v) is 42.9. The molecule has 0 bridgehead atoms. The Labute approximate surface area is 806 Å². The van der Waals surface area contributed by atoms with Gasteiger partial charge in [-0.15, -0.1) is 0 Å². The Hall–Kier alpha value is -10.7. The first-order chi connectivity index (χ1) is 77.5. The Balaban J connectivity index is 0.000000194. The number of benzene rings is 10. The number of hydrogen-bond acceptors (Lipinski definition) is 10. The van der Waals surface area contributed by atoms with Crippen molar-refractivity contribution in [2.75, 3.05) is 123 Å². The van der Waals surface area contributed by atoms with Crippen molar-refractivity contribution in [2.24, 2.45) is 0 Å². The van der Waals surface area contributed by atoms with Crippen molar-refractivity contribution in [3.8, 4) is 0 Å². The second-order valence-corrected chi connectivity index (χ2v) is 30.1. The molecule has 15 rings (SSSR count). The second kappa shape index (κ2) is 53.0. The molecule has 0 radical (unpaired) electrons. The molecule has 0 spiro atoms. The highest BCUT2D eigenvalue weighted by molar-refractivity contribution is 5.96. The minimum Gasteiger partial charge on any atom is -0.309 e. The summed E-state index contributed by atoms with van der Waals surface area (Å²) in [5.74, 6) is -3.53. The topological polar surface area (TPSA) is 118 Å². The molecule has 15 nitrogen and oxygen atoms in total. The number of aryl methyl sites for hydroxylation is 2. The molecular formula is C110H140N10O5. The Kier molecular flexibility index (Phi) is 22.8. The first kappa shape index (κ1) is 53.7. The summed E-state index contributed by atoms with van der Waals surface area (Å²) in [5.41, 5.74) is 2.36. The molecule has 10 aromatic carbocycles. The van der Waals surface area contributed by atoms with Crippen LogP contribution < -0.4 is 24.5 Å². The summed E-state index contributed by atoms with van der Waals surface area (Å²) in [5, 5.41) is 0. The van der Waals surface area contributed by atoms with E-state index in [0.717, 1.165) is 54.0 Å². The number of nitrogens with zero attached hydrogens (tertiary/aromatic N) is 10. The number of carbonyl (C=O) groups is 5. The van der Waals surface area contributed by atoms with Crippen molar-refractivity contribution in [3.63, 3.8) is 0 Å². The second-order valence-electron chi connectivity index (χ2n) is 30.1.